The number of benzene rings is 3. The summed E-state index contributed by atoms with van der Waals surface area (Å²) in [7, 11) is 0. The molecule has 1 heterocycles. The van der Waals surface area contributed by atoms with Crippen molar-refractivity contribution in [3.8, 4) is 5.75 Å². The van der Waals surface area contributed by atoms with Crippen molar-refractivity contribution in [1.82, 2.24) is 9.66 Å². The minimum Gasteiger partial charge on any atom is -0.488 e. The normalized spacial score (nSPS) is 11.9. The Morgan fingerprint density at radius 2 is 1.82 bits per heavy atom. The molecule has 0 bridgehead atoms. The molecule has 168 valence electrons. The van der Waals surface area contributed by atoms with Gasteiger partial charge in [-0.2, -0.15) is 9.78 Å². The number of nitrogens with zero attached hydrogens (tertiary/aromatic N) is 3. The lowest BCUT2D eigenvalue weighted by molar-refractivity contribution is 0.305. The van der Waals surface area contributed by atoms with Crippen LogP contribution in [0.4, 0.5) is 4.39 Å². The molecule has 0 aliphatic heterocycles. The van der Waals surface area contributed by atoms with Gasteiger partial charge in [0.05, 0.1) is 17.1 Å². The van der Waals surface area contributed by atoms with Gasteiger partial charge in [-0.15, -0.1) is 0 Å². The Morgan fingerprint density at radius 3 is 2.55 bits per heavy atom. The van der Waals surface area contributed by atoms with E-state index < -0.39 is 5.41 Å². The van der Waals surface area contributed by atoms with Crippen LogP contribution in [0.3, 0.4) is 0 Å². The average Bonchev–Trinajstić information content (AvgIpc) is 2.78. The molecule has 0 amide bonds. The summed E-state index contributed by atoms with van der Waals surface area (Å²) in [5, 5.41) is 5.00. The minimum absolute atomic E-state index is 0.243. The van der Waals surface area contributed by atoms with Gasteiger partial charge in [0.2, 0.25) is 0 Å². The van der Waals surface area contributed by atoms with Crippen molar-refractivity contribution in [1.29, 1.82) is 0 Å². The number of halogens is 2. The van der Waals surface area contributed by atoms with Gasteiger partial charge in [0.1, 0.15) is 24.0 Å². The Morgan fingerprint density at radius 1 is 1.09 bits per heavy atom. The molecule has 5 nitrogen and oxygen atoms in total. The summed E-state index contributed by atoms with van der Waals surface area (Å²) in [5.74, 6) is 0.873. The Bertz CT molecular complexity index is 1390. The lowest BCUT2D eigenvalue weighted by Gasteiger charge is -2.21. The van der Waals surface area contributed by atoms with Gasteiger partial charge in [-0.1, -0.05) is 61.0 Å². The van der Waals surface area contributed by atoms with Crippen LogP contribution in [0.1, 0.15) is 37.7 Å². The highest BCUT2D eigenvalue weighted by molar-refractivity contribution is 9.10. The van der Waals surface area contributed by atoms with Crippen LogP contribution in [0, 0.1) is 5.82 Å². The molecule has 4 aromatic rings. The highest BCUT2D eigenvalue weighted by Crippen LogP contribution is 2.23. The molecular formula is C26H23BrFN3O2. The molecule has 0 atom stereocenters. The molecule has 0 radical (unpaired) electrons. The van der Waals surface area contributed by atoms with Crippen molar-refractivity contribution in [2.24, 2.45) is 5.10 Å². The molecule has 0 unspecified atom stereocenters. The standard InChI is InChI=1S/C26H23BrFN3O2/c1-26(2,3)25-30-22-13-10-19(27)14-21(22)24(32)31(25)29-15-18-6-4-5-7-23(18)33-16-17-8-11-20(28)12-9-17/h4-15H,16H2,1-3H3. The van der Waals surface area contributed by atoms with Gasteiger partial charge in [-0.3, -0.25) is 4.79 Å². The maximum Gasteiger partial charge on any atom is 0.282 e. The maximum absolute atomic E-state index is 13.3. The first kappa shape index (κ1) is 22.9. The van der Waals surface area contributed by atoms with Gasteiger partial charge in [0.25, 0.3) is 5.56 Å². The maximum atomic E-state index is 13.3. The van der Waals surface area contributed by atoms with E-state index in [1.165, 1.54) is 16.8 Å². The smallest absolute Gasteiger partial charge is 0.282 e. The number of hydrogen-bond acceptors (Lipinski definition) is 4. The number of fused-ring (bicyclic) bond motifs is 1. The fourth-order valence-corrected chi connectivity index (χ4v) is 3.68. The highest BCUT2D eigenvalue weighted by atomic mass is 79.9. The molecule has 1 aromatic heterocycles. The first-order chi connectivity index (χ1) is 15.7. The van der Waals surface area contributed by atoms with Crippen LogP contribution >= 0.6 is 15.9 Å². The molecule has 0 fully saturated rings. The summed E-state index contributed by atoms with van der Waals surface area (Å²) < 4.78 is 21.2. The number of para-hydroxylation sites is 1. The quantitative estimate of drug-likeness (QED) is 0.308. The molecule has 0 N–H and O–H groups in total. The fraction of sp³-hybridized carbons (Fsp3) is 0.192. The highest BCUT2D eigenvalue weighted by Gasteiger charge is 2.23. The summed E-state index contributed by atoms with van der Waals surface area (Å²) in [5.41, 5.74) is 1.53. The number of hydrogen-bond donors (Lipinski definition) is 0. The summed E-state index contributed by atoms with van der Waals surface area (Å²) in [6, 6.07) is 19.0. The third kappa shape index (κ3) is 5.20. The zero-order chi connectivity index (χ0) is 23.6. The van der Waals surface area contributed by atoms with E-state index in [0.717, 1.165) is 10.0 Å². The fourth-order valence-electron chi connectivity index (χ4n) is 3.32. The van der Waals surface area contributed by atoms with Crippen molar-refractivity contribution in [2.75, 3.05) is 0 Å². The van der Waals surface area contributed by atoms with Gasteiger partial charge in [-0.25, -0.2) is 9.37 Å². The average molecular weight is 508 g/mol. The van der Waals surface area contributed by atoms with Crippen LogP contribution in [-0.2, 0) is 12.0 Å². The van der Waals surface area contributed by atoms with Crippen LogP contribution in [0.2, 0.25) is 0 Å². The van der Waals surface area contributed by atoms with Crippen LogP contribution in [-0.4, -0.2) is 15.9 Å². The molecular weight excluding hydrogens is 485 g/mol. The van der Waals surface area contributed by atoms with E-state index in [-0.39, 0.29) is 18.0 Å². The van der Waals surface area contributed by atoms with Crippen molar-refractivity contribution < 1.29 is 9.13 Å². The van der Waals surface area contributed by atoms with E-state index in [0.29, 0.717) is 28.0 Å². The molecule has 4 rings (SSSR count). The van der Waals surface area contributed by atoms with Gasteiger partial charge < -0.3 is 4.74 Å². The van der Waals surface area contributed by atoms with E-state index in [1.54, 1.807) is 24.4 Å². The van der Waals surface area contributed by atoms with Crippen LogP contribution in [0.5, 0.6) is 5.75 Å². The van der Waals surface area contributed by atoms with E-state index >= 15 is 0 Å². The van der Waals surface area contributed by atoms with Crippen LogP contribution in [0.25, 0.3) is 10.9 Å². The topological polar surface area (TPSA) is 56.5 Å². The zero-order valence-electron chi connectivity index (χ0n) is 18.5. The summed E-state index contributed by atoms with van der Waals surface area (Å²) >= 11 is 3.42. The molecule has 33 heavy (non-hydrogen) atoms. The molecule has 0 saturated carbocycles. The largest absolute Gasteiger partial charge is 0.488 e. The first-order valence-corrected chi connectivity index (χ1v) is 11.2. The molecule has 3 aromatic carbocycles. The van der Waals surface area contributed by atoms with E-state index in [9.17, 15) is 9.18 Å². The van der Waals surface area contributed by atoms with Gasteiger partial charge in [-0.05, 0) is 48.0 Å². The lowest BCUT2D eigenvalue weighted by Crippen LogP contribution is -2.29. The van der Waals surface area contributed by atoms with Crippen molar-refractivity contribution in [3.63, 3.8) is 0 Å². The number of ether oxygens (including phenoxy) is 1. The first-order valence-electron chi connectivity index (χ1n) is 10.5. The molecule has 0 aliphatic rings. The van der Waals surface area contributed by atoms with E-state index in [2.05, 4.69) is 21.0 Å². The minimum atomic E-state index is -0.406. The number of aromatic nitrogens is 2. The summed E-state index contributed by atoms with van der Waals surface area (Å²) in [4.78, 5) is 18.1. The van der Waals surface area contributed by atoms with Crippen LogP contribution < -0.4 is 10.3 Å². The van der Waals surface area contributed by atoms with Crippen molar-refractivity contribution >= 4 is 33.0 Å². The third-order valence-corrected chi connectivity index (χ3v) is 5.51. The second kappa shape index (κ2) is 9.27. The SMILES string of the molecule is CC(C)(C)c1nc2ccc(Br)cc2c(=O)n1N=Cc1ccccc1OCc1ccc(F)cc1. The zero-order valence-corrected chi connectivity index (χ0v) is 20.1. The Kier molecular flexibility index (Phi) is 6.42. The third-order valence-electron chi connectivity index (χ3n) is 5.02. The molecule has 7 heteroatoms. The predicted molar refractivity (Wildman–Crippen MR) is 133 cm³/mol. The monoisotopic (exact) mass is 507 g/mol. The lowest BCUT2D eigenvalue weighted by atomic mass is 9.95. The Hall–Kier alpha value is -3.32. The summed E-state index contributed by atoms with van der Waals surface area (Å²) in [6.07, 6.45) is 1.60. The van der Waals surface area contributed by atoms with E-state index in [1.807, 2.05) is 57.2 Å². The Labute approximate surface area is 199 Å². The van der Waals surface area contributed by atoms with Gasteiger partial charge >= 0.3 is 0 Å². The van der Waals surface area contributed by atoms with Crippen molar-refractivity contribution in [2.45, 2.75) is 32.8 Å². The summed E-state index contributed by atoms with van der Waals surface area (Å²) in [6.45, 7) is 6.26. The molecule has 0 saturated heterocycles. The van der Waals surface area contributed by atoms with E-state index in [4.69, 9.17) is 9.72 Å². The molecule has 0 spiro atoms. The second-order valence-corrected chi connectivity index (χ2v) is 9.58. The van der Waals surface area contributed by atoms with Crippen molar-refractivity contribution in [3.05, 3.63) is 104 Å². The van der Waals surface area contributed by atoms with Crippen LogP contribution in [0.15, 0.2) is 81.1 Å². The van der Waals surface area contributed by atoms with Gasteiger partial charge in [0.15, 0.2) is 0 Å². The predicted octanol–water partition coefficient (Wildman–Crippen LogP) is 6.06. The molecule has 0 aliphatic carbocycles. The van der Waals surface area contributed by atoms with Gasteiger partial charge in [0, 0.05) is 15.5 Å². The second-order valence-electron chi connectivity index (χ2n) is 8.66. The number of rotatable bonds is 5. The Balaban J connectivity index is 1.72.